The van der Waals surface area contributed by atoms with Gasteiger partial charge in [0.1, 0.15) is 11.5 Å². The minimum absolute atomic E-state index is 0.162. The van der Waals surface area contributed by atoms with Crippen molar-refractivity contribution in [2.45, 2.75) is 25.8 Å². The molecule has 3 aromatic rings. The van der Waals surface area contributed by atoms with Crippen molar-refractivity contribution in [1.29, 1.82) is 0 Å². The van der Waals surface area contributed by atoms with E-state index in [-0.39, 0.29) is 11.5 Å². The van der Waals surface area contributed by atoms with Crippen LogP contribution in [0.15, 0.2) is 54.6 Å². The molecule has 1 fully saturated rings. The van der Waals surface area contributed by atoms with Gasteiger partial charge in [-0.1, -0.05) is 48.2 Å². The number of hydrogen-bond acceptors (Lipinski definition) is 3. The molecule has 1 aliphatic rings. The van der Waals surface area contributed by atoms with E-state index in [0.29, 0.717) is 18.5 Å². The van der Waals surface area contributed by atoms with Crippen molar-refractivity contribution in [2.24, 2.45) is 0 Å². The Balaban J connectivity index is 1.62. The van der Waals surface area contributed by atoms with Crippen LogP contribution in [0.3, 0.4) is 0 Å². The Morgan fingerprint density at radius 2 is 1.70 bits per heavy atom. The molecule has 27 heavy (non-hydrogen) atoms. The zero-order chi connectivity index (χ0) is 18.6. The van der Waals surface area contributed by atoms with Crippen molar-refractivity contribution < 1.29 is 10.2 Å². The zero-order valence-electron chi connectivity index (χ0n) is 15.3. The largest absolute Gasteiger partial charge is 0.507 e. The summed E-state index contributed by atoms with van der Waals surface area (Å²) in [5, 5.41) is 22.7. The molecule has 0 radical (unpaired) electrons. The predicted octanol–water partition coefficient (Wildman–Crippen LogP) is 4.44. The highest BCUT2D eigenvalue weighted by atomic mass is 16.3. The van der Waals surface area contributed by atoms with Crippen LogP contribution < -0.4 is 0 Å². The fourth-order valence-corrected chi connectivity index (χ4v) is 3.65. The van der Waals surface area contributed by atoms with Crippen LogP contribution >= 0.6 is 0 Å². The van der Waals surface area contributed by atoms with E-state index in [4.69, 9.17) is 0 Å². The van der Waals surface area contributed by atoms with Crippen LogP contribution in [0.25, 0.3) is 10.8 Å². The summed E-state index contributed by atoms with van der Waals surface area (Å²) >= 11 is 0. The summed E-state index contributed by atoms with van der Waals surface area (Å²) in [6.45, 7) is 2.61. The van der Waals surface area contributed by atoms with Crippen LogP contribution in [-0.2, 0) is 13.0 Å². The number of benzene rings is 3. The topological polar surface area (TPSA) is 43.7 Å². The normalized spacial score (nSPS) is 14.2. The Morgan fingerprint density at radius 3 is 2.48 bits per heavy atom. The second-order valence-electron chi connectivity index (χ2n) is 7.11. The Labute approximate surface area is 159 Å². The highest BCUT2D eigenvalue weighted by molar-refractivity contribution is 5.92. The van der Waals surface area contributed by atoms with Gasteiger partial charge in [-0.2, -0.15) is 0 Å². The quantitative estimate of drug-likeness (QED) is 0.681. The summed E-state index contributed by atoms with van der Waals surface area (Å²) in [5.41, 5.74) is 2.66. The summed E-state index contributed by atoms with van der Waals surface area (Å²) in [7, 11) is 0. The van der Waals surface area contributed by atoms with E-state index in [1.807, 2.05) is 36.4 Å². The summed E-state index contributed by atoms with van der Waals surface area (Å²) in [6.07, 6.45) is 3.05. The minimum atomic E-state index is 0.162. The van der Waals surface area contributed by atoms with Crippen LogP contribution in [0.4, 0.5) is 0 Å². The second kappa shape index (κ2) is 7.73. The Hall–Kier alpha value is -2.96. The number of phenolic OH excluding ortho intramolecular Hbond substituents is 2. The lowest BCUT2D eigenvalue weighted by molar-refractivity contribution is 0.316. The number of nitrogens with zero attached hydrogens (tertiary/aromatic N) is 1. The van der Waals surface area contributed by atoms with Crippen molar-refractivity contribution >= 4 is 10.8 Å². The third-order valence-corrected chi connectivity index (χ3v) is 5.14. The lowest BCUT2D eigenvalue weighted by Crippen LogP contribution is -2.18. The molecule has 4 rings (SSSR count). The zero-order valence-corrected chi connectivity index (χ0v) is 15.3. The molecule has 0 bridgehead atoms. The molecule has 0 aromatic heterocycles. The van der Waals surface area contributed by atoms with Gasteiger partial charge in [0.25, 0.3) is 0 Å². The third kappa shape index (κ3) is 3.92. The van der Waals surface area contributed by atoms with Crippen LogP contribution in [-0.4, -0.2) is 28.2 Å². The first kappa shape index (κ1) is 17.5. The fourth-order valence-electron chi connectivity index (χ4n) is 3.65. The van der Waals surface area contributed by atoms with E-state index in [9.17, 15) is 10.2 Å². The molecule has 0 saturated carbocycles. The highest BCUT2D eigenvalue weighted by Gasteiger charge is 2.18. The maximum absolute atomic E-state index is 10.8. The van der Waals surface area contributed by atoms with E-state index in [2.05, 4.69) is 28.9 Å². The average molecular weight is 357 g/mol. The van der Waals surface area contributed by atoms with E-state index in [1.54, 1.807) is 6.07 Å². The number of hydrogen-bond donors (Lipinski definition) is 2. The van der Waals surface area contributed by atoms with Gasteiger partial charge in [0.05, 0.1) is 5.56 Å². The summed E-state index contributed by atoms with van der Waals surface area (Å²) in [6, 6.07) is 17.6. The van der Waals surface area contributed by atoms with Crippen molar-refractivity contribution in [3.63, 3.8) is 0 Å². The maximum Gasteiger partial charge on any atom is 0.131 e. The van der Waals surface area contributed by atoms with Crippen molar-refractivity contribution in [2.75, 3.05) is 13.1 Å². The van der Waals surface area contributed by atoms with Gasteiger partial charge in [-0.25, -0.2) is 0 Å². The standard InChI is InChI=1S/C24H23NO2/c26-23-16-20-12-11-19(10-6-9-18-7-2-1-3-8-18)15-21(20)24(27)22(23)17-25-13-4-5-14-25/h1-3,7-8,11-12,15-16,26-27H,4-5,9,13-14,17H2. The molecule has 1 aliphatic heterocycles. The summed E-state index contributed by atoms with van der Waals surface area (Å²) in [5.74, 6) is 6.72. The van der Waals surface area contributed by atoms with Crippen molar-refractivity contribution in [3.8, 4) is 23.3 Å². The molecular formula is C24H23NO2. The van der Waals surface area contributed by atoms with E-state index >= 15 is 0 Å². The van der Waals surface area contributed by atoms with Crippen molar-refractivity contribution in [3.05, 3.63) is 71.3 Å². The Morgan fingerprint density at radius 1 is 0.926 bits per heavy atom. The SMILES string of the molecule is Oc1cc2ccc(C#CCc3ccccc3)cc2c(O)c1CN1CCCC1. The molecule has 0 spiro atoms. The predicted molar refractivity (Wildman–Crippen MR) is 109 cm³/mol. The molecule has 136 valence electrons. The lowest BCUT2D eigenvalue weighted by atomic mass is 10.0. The third-order valence-electron chi connectivity index (χ3n) is 5.14. The molecule has 0 amide bonds. The summed E-state index contributed by atoms with van der Waals surface area (Å²) in [4.78, 5) is 2.27. The molecule has 2 N–H and O–H groups in total. The average Bonchev–Trinajstić information content (AvgIpc) is 3.20. The second-order valence-corrected chi connectivity index (χ2v) is 7.11. The van der Waals surface area contributed by atoms with Gasteiger partial charge >= 0.3 is 0 Å². The van der Waals surface area contributed by atoms with Gasteiger partial charge in [-0.05, 0) is 55.1 Å². The number of fused-ring (bicyclic) bond motifs is 1. The van der Waals surface area contributed by atoms with Crippen LogP contribution in [0.2, 0.25) is 0 Å². The Bertz CT molecular complexity index is 1010. The van der Waals surface area contributed by atoms with Crippen LogP contribution in [0, 0.1) is 11.8 Å². The number of phenols is 2. The van der Waals surface area contributed by atoms with Gasteiger partial charge in [-0.15, -0.1) is 0 Å². The van der Waals surface area contributed by atoms with Gasteiger partial charge in [-0.3, -0.25) is 4.90 Å². The molecule has 0 unspecified atom stereocenters. The number of aromatic hydroxyl groups is 2. The van der Waals surface area contributed by atoms with Gasteiger partial charge < -0.3 is 10.2 Å². The van der Waals surface area contributed by atoms with Gasteiger partial charge in [0.15, 0.2) is 0 Å². The Kier molecular flexibility index (Phi) is 5.00. The smallest absolute Gasteiger partial charge is 0.131 e. The molecule has 1 heterocycles. The summed E-state index contributed by atoms with van der Waals surface area (Å²) < 4.78 is 0. The van der Waals surface area contributed by atoms with E-state index < -0.39 is 0 Å². The van der Waals surface area contributed by atoms with Gasteiger partial charge in [0.2, 0.25) is 0 Å². The molecule has 0 aliphatic carbocycles. The molecule has 3 nitrogen and oxygen atoms in total. The first-order chi connectivity index (χ1) is 13.2. The van der Waals surface area contributed by atoms with Crippen molar-refractivity contribution in [1.82, 2.24) is 4.90 Å². The molecule has 3 aromatic carbocycles. The maximum atomic E-state index is 10.8. The van der Waals surface area contributed by atoms with Crippen LogP contribution in [0.5, 0.6) is 11.5 Å². The molecule has 1 saturated heterocycles. The number of rotatable bonds is 3. The van der Waals surface area contributed by atoms with E-state index in [1.165, 1.54) is 18.4 Å². The monoisotopic (exact) mass is 357 g/mol. The van der Waals surface area contributed by atoms with E-state index in [0.717, 1.165) is 29.4 Å². The number of likely N-dealkylation sites (tertiary alicyclic amines) is 1. The fraction of sp³-hybridized carbons (Fsp3) is 0.250. The van der Waals surface area contributed by atoms with Gasteiger partial charge in [0, 0.05) is 23.9 Å². The molecule has 3 heteroatoms. The molecular weight excluding hydrogens is 334 g/mol. The molecule has 0 atom stereocenters. The minimum Gasteiger partial charge on any atom is -0.507 e. The highest BCUT2D eigenvalue weighted by Crippen LogP contribution is 2.37. The lowest BCUT2D eigenvalue weighted by Gasteiger charge is -2.17. The van der Waals surface area contributed by atoms with Crippen LogP contribution in [0.1, 0.15) is 29.5 Å². The first-order valence-corrected chi connectivity index (χ1v) is 9.43. The first-order valence-electron chi connectivity index (χ1n) is 9.43.